The number of ether oxygens (including phenoxy) is 4. The third kappa shape index (κ3) is 3.22. The fourth-order valence-electron chi connectivity index (χ4n) is 1.91. The molecular weight excluding hydrogens is 288 g/mol. The van der Waals surface area contributed by atoms with Gasteiger partial charge in [-0.05, 0) is 24.3 Å². The summed E-state index contributed by atoms with van der Waals surface area (Å²) in [5.41, 5.74) is 0.234. The standard InChI is InChI=1S/C16H16O6/c1-19-13-7-10(8-14(20-2)15(13)21-3)16(18)22-12-6-4-5-11(17)9-12/h4-9,17H,1-3H3. The number of hydrogen-bond donors (Lipinski definition) is 1. The Morgan fingerprint density at radius 2 is 1.59 bits per heavy atom. The summed E-state index contributed by atoms with van der Waals surface area (Å²) in [5, 5.41) is 9.38. The molecule has 0 heterocycles. The van der Waals surface area contributed by atoms with Crippen molar-refractivity contribution < 1.29 is 28.8 Å². The van der Waals surface area contributed by atoms with Crippen LogP contribution in [0, 0.1) is 0 Å². The minimum Gasteiger partial charge on any atom is -0.508 e. The highest BCUT2D eigenvalue weighted by molar-refractivity contribution is 5.92. The van der Waals surface area contributed by atoms with Gasteiger partial charge >= 0.3 is 5.97 Å². The first-order chi connectivity index (χ1) is 10.6. The summed E-state index contributed by atoms with van der Waals surface area (Å²) in [6, 6.07) is 8.95. The number of carbonyl (C=O) groups excluding carboxylic acids is 1. The summed E-state index contributed by atoms with van der Waals surface area (Å²) < 4.78 is 20.8. The van der Waals surface area contributed by atoms with Crippen molar-refractivity contribution in [3.05, 3.63) is 42.0 Å². The van der Waals surface area contributed by atoms with E-state index in [2.05, 4.69) is 0 Å². The number of methoxy groups -OCH3 is 3. The molecule has 2 aromatic rings. The Bertz CT molecular complexity index is 655. The topological polar surface area (TPSA) is 74.2 Å². The first-order valence-electron chi connectivity index (χ1n) is 6.40. The summed E-state index contributed by atoms with van der Waals surface area (Å²) in [6.07, 6.45) is 0. The zero-order valence-electron chi connectivity index (χ0n) is 12.5. The summed E-state index contributed by atoms with van der Waals surface area (Å²) in [7, 11) is 4.40. The van der Waals surface area contributed by atoms with Crippen LogP contribution in [0.5, 0.6) is 28.7 Å². The molecule has 0 aliphatic rings. The molecule has 0 aliphatic carbocycles. The molecule has 0 saturated carbocycles. The van der Waals surface area contributed by atoms with Crippen LogP contribution in [-0.4, -0.2) is 32.4 Å². The first-order valence-corrected chi connectivity index (χ1v) is 6.40. The van der Waals surface area contributed by atoms with Gasteiger partial charge in [-0.3, -0.25) is 0 Å². The molecule has 116 valence electrons. The van der Waals surface area contributed by atoms with E-state index in [0.717, 1.165) is 0 Å². The van der Waals surface area contributed by atoms with Gasteiger partial charge in [-0.25, -0.2) is 4.79 Å². The van der Waals surface area contributed by atoms with Crippen molar-refractivity contribution in [3.8, 4) is 28.7 Å². The minimum atomic E-state index is -0.607. The second-order valence-electron chi connectivity index (χ2n) is 4.30. The minimum absolute atomic E-state index is 0.00944. The number of rotatable bonds is 5. The fourth-order valence-corrected chi connectivity index (χ4v) is 1.91. The van der Waals surface area contributed by atoms with E-state index >= 15 is 0 Å². The number of esters is 1. The van der Waals surface area contributed by atoms with E-state index in [1.165, 1.54) is 45.6 Å². The van der Waals surface area contributed by atoms with Gasteiger partial charge in [-0.15, -0.1) is 0 Å². The Kier molecular flexibility index (Phi) is 4.73. The first kappa shape index (κ1) is 15.5. The van der Waals surface area contributed by atoms with Crippen LogP contribution in [0.3, 0.4) is 0 Å². The highest BCUT2D eigenvalue weighted by atomic mass is 16.5. The molecule has 6 nitrogen and oxygen atoms in total. The molecule has 0 aliphatic heterocycles. The molecular formula is C16H16O6. The Labute approximate surface area is 127 Å². The fraction of sp³-hybridized carbons (Fsp3) is 0.188. The van der Waals surface area contributed by atoms with E-state index in [4.69, 9.17) is 18.9 Å². The van der Waals surface area contributed by atoms with Crippen molar-refractivity contribution >= 4 is 5.97 Å². The van der Waals surface area contributed by atoms with Crippen molar-refractivity contribution in [2.75, 3.05) is 21.3 Å². The van der Waals surface area contributed by atoms with Gasteiger partial charge in [0.1, 0.15) is 11.5 Å². The number of benzene rings is 2. The van der Waals surface area contributed by atoms with E-state index in [9.17, 15) is 9.90 Å². The Morgan fingerprint density at radius 1 is 0.955 bits per heavy atom. The zero-order valence-corrected chi connectivity index (χ0v) is 12.5. The largest absolute Gasteiger partial charge is 0.508 e. The van der Waals surface area contributed by atoms with Crippen molar-refractivity contribution in [3.63, 3.8) is 0 Å². The van der Waals surface area contributed by atoms with E-state index in [1.807, 2.05) is 0 Å². The molecule has 1 N–H and O–H groups in total. The molecule has 0 radical (unpaired) electrons. The quantitative estimate of drug-likeness (QED) is 0.676. The molecule has 0 unspecified atom stereocenters. The monoisotopic (exact) mass is 304 g/mol. The molecule has 0 amide bonds. The molecule has 0 bridgehead atoms. The Balaban J connectivity index is 2.33. The van der Waals surface area contributed by atoms with Crippen LogP contribution in [0.4, 0.5) is 0 Å². The molecule has 2 aromatic carbocycles. The van der Waals surface area contributed by atoms with E-state index < -0.39 is 5.97 Å². The van der Waals surface area contributed by atoms with Gasteiger partial charge in [0.05, 0.1) is 26.9 Å². The van der Waals surface area contributed by atoms with E-state index in [0.29, 0.717) is 17.2 Å². The van der Waals surface area contributed by atoms with Crippen LogP contribution in [0.1, 0.15) is 10.4 Å². The molecule has 2 rings (SSSR count). The lowest BCUT2D eigenvalue weighted by Gasteiger charge is -2.13. The normalized spacial score (nSPS) is 9.95. The van der Waals surface area contributed by atoms with Crippen LogP contribution in [-0.2, 0) is 0 Å². The van der Waals surface area contributed by atoms with Crippen molar-refractivity contribution in [2.45, 2.75) is 0 Å². The average molecular weight is 304 g/mol. The molecule has 0 spiro atoms. The lowest BCUT2D eigenvalue weighted by Crippen LogP contribution is -2.09. The third-order valence-electron chi connectivity index (χ3n) is 2.93. The Morgan fingerprint density at radius 3 is 2.09 bits per heavy atom. The smallest absolute Gasteiger partial charge is 0.343 e. The predicted molar refractivity (Wildman–Crippen MR) is 79.2 cm³/mol. The van der Waals surface area contributed by atoms with Gasteiger partial charge in [-0.1, -0.05) is 6.07 Å². The van der Waals surface area contributed by atoms with Crippen LogP contribution in [0.15, 0.2) is 36.4 Å². The second kappa shape index (κ2) is 6.71. The van der Waals surface area contributed by atoms with E-state index in [1.54, 1.807) is 12.1 Å². The number of phenolic OH excluding ortho intramolecular Hbond substituents is 1. The molecule has 0 saturated heterocycles. The van der Waals surface area contributed by atoms with Crippen LogP contribution < -0.4 is 18.9 Å². The molecule has 6 heteroatoms. The maximum Gasteiger partial charge on any atom is 0.343 e. The summed E-state index contributed by atoms with van der Waals surface area (Å²) in [4.78, 5) is 12.2. The number of aromatic hydroxyl groups is 1. The van der Waals surface area contributed by atoms with Gasteiger partial charge in [0.25, 0.3) is 0 Å². The maximum atomic E-state index is 12.2. The molecule has 0 fully saturated rings. The van der Waals surface area contributed by atoms with Gasteiger partial charge in [0.2, 0.25) is 5.75 Å². The molecule has 22 heavy (non-hydrogen) atoms. The van der Waals surface area contributed by atoms with Gasteiger partial charge < -0.3 is 24.1 Å². The average Bonchev–Trinajstić information content (AvgIpc) is 2.53. The number of phenols is 1. The van der Waals surface area contributed by atoms with Crippen molar-refractivity contribution in [1.29, 1.82) is 0 Å². The Hall–Kier alpha value is -2.89. The van der Waals surface area contributed by atoms with Crippen molar-refractivity contribution in [1.82, 2.24) is 0 Å². The van der Waals surface area contributed by atoms with E-state index in [-0.39, 0.29) is 17.1 Å². The number of hydrogen-bond acceptors (Lipinski definition) is 6. The third-order valence-corrected chi connectivity index (χ3v) is 2.93. The molecule has 0 aromatic heterocycles. The van der Waals surface area contributed by atoms with Crippen LogP contribution in [0.2, 0.25) is 0 Å². The zero-order chi connectivity index (χ0) is 16.1. The highest BCUT2D eigenvalue weighted by Crippen LogP contribution is 2.38. The second-order valence-corrected chi connectivity index (χ2v) is 4.30. The summed E-state index contributed by atoms with van der Waals surface area (Å²) in [5.74, 6) is 0.729. The van der Waals surface area contributed by atoms with Crippen molar-refractivity contribution in [2.24, 2.45) is 0 Å². The highest BCUT2D eigenvalue weighted by Gasteiger charge is 2.18. The summed E-state index contributed by atoms with van der Waals surface area (Å²) >= 11 is 0. The predicted octanol–water partition coefficient (Wildman–Crippen LogP) is 2.64. The lowest BCUT2D eigenvalue weighted by atomic mass is 10.2. The van der Waals surface area contributed by atoms with Gasteiger partial charge in [0.15, 0.2) is 11.5 Å². The SMILES string of the molecule is COc1cc(C(=O)Oc2cccc(O)c2)cc(OC)c1OC. The van der Waals surface area contributed by atoms with Crippen LogP contribution >= 0.6 is 0 Å². The molecule has 0 atom stereocenters. The maximum absolute atomic E-state index is 12.2. The lowest BCUT2D eigenvalue weighted by molar-refractivity contribution is 0.0733. The van der Waals surface area contributed by atoms with Gasteiger partial charge in [-0.2, -0.15) is 0 Å². The summed E-state index contributed by atoms with van der Waals surface area (Å²) in [6.45, 7) is 0. The number of carbonyl (C=O) groups is 1. The van der Waals surface area contributed by atoms with Gasteiger partial charge in [0, 0.05) is 6.07 Å². The van der Waals surface area contributed by atoms with Crippen LogP contribution in [0.25, 0.3) is 0 Å².